The van der Waals surface area contributed by atoms with Gasteiger partial charge in [0.25, 0.3) is 5.91 Å². The number of thiazole rings is 1. The fraction of sp³-hybridized carbons (Fsp3) is 0.643. The van der Waals surface area contributed by atoms with Crippen molar-refractivity contribution >= 4 is 23.3 Å². The van der Waals surface area contributed by atoms with Crippen LogP contribution in [0.15, 0.2) is 5.38 Å². The zero-order valence-electron chi connectivity index (χ0n) is 12.5. The van der Waals surface area contributed by atoms with Crippen LogP contribution in [0.5, 0.6) is 0 Å². The fourth-order valence-corrected chi connectivity index (χ4v) is 3.75. The van der Waals surface area contributed by atoms with Gasteiger partial charge in [0.05, 0.1) is 18.8 Å². The third-order valence-corrected chi connectivity index (χ3v) is 4.89. The molecular weight excluding hydrogens is 290 g/mol. The van der Waals surface area contributed by atoms with E-state index in [1.807, 2.05) is 5.38 Å². The van der Waals surface area contributed by atoms with Gasteiger partial charge in [0.1, 0.15) is 0 Å². The Balaban J connectivity index is 1.71. The molecule has 1 aromatic heterocycles. The second kappa shape index (κ2) is 4.98. The van der Waals surface area contributed by atoms with E-state index in [9.17, 15) is 9.59 Å². The summed E-state index contributed by atoms with van der Waals surface area (Å²) in [6, 6.07) is 0. The molecule has 0 bridgehead atoms. The van der Waals surface area contributed by atoms with Crippen molar-refractivity contribution in [1.82, 2.24) is 14.8 Å². The number of carbonyl (C=O) groups excluding carboxylic acids is 2. The van der Waals surface area contributed by atoms with E-state index in [1.54, 1.807) is 16.8 Å². The Kier molecular flexibility index (Phi) is 3.39. The smallest absolute Gasteiger partial charge is 0.410 e. The second-order valence-corrected chi connectivity index (χ2v) is 6.97. The number of likely N-dealkylation sites (N-methyl/N-ethyl adjacent to an activating group) is 1. The van der Waals surface area contributed by atoms with Gasteiger partial charge in [0.15, 0.2) is 10.6 Å². The first-order valence-corrected chi connectivity index (χ1v) is 7.97. The standard InChI is InChI=1S/C14H19N3O3S/c1-9(2)10-6-21-11(15-10)12(18)17-5-4-14(8-17)7-16(3)13(19)20-14/h6,9H,4-5,7-8H2,1-3H3. The van der Waals surface area contributed by atoms with Crippen LogP contribution < -0.4 is 0 Å². The van der Waals surface area contributed by atoms with Crippen molar-refractivity contribution in [3.63, 3.8) is 0 Å². The molecule has 1 atom stereocenters. The van der Waals surface area contributed by atoms with Gasteiger partial charge in [-0.25, -0.2) is 9.78 Å². The quantitative estimate of drug-likeness (QED) is 0.837. The van der Waals surface area contributed by atoms with Crippen LogP contribution in [0.2, 0.25) is 0 Å². The number of hydrogen-bond acceptors (Lipinski definition) is 5. The van der Waals surface area contributed by atoms with Crippen molar-refractivity contribution in [1.29, 1.82) is 0 Å². The maximum atomic E-state index is 12.5. The van der Waals surface area contributed by atoms with Crippen LogP contribution in [0.3, 0.4) is 0 Å². The van der Waals surface area contributed by atoms with E-state index in [4.69, 9.17) is 4.74 Å². The summed E-state index contributed by atoms with van der Waals surface area (Å²) in [6.07, 6.45) is 0.387. The Morgan fingerprint density at radius 1 is 1.48 bits per heavy atom. The van der Waals surface area contributed by atoms with Crippen LogP contribution in [0, 0.1) is 0 Å². The van der Waals surface area contributed by atoms with E-state index in [1.165, 1.54) is 11.3 Å². The number of aromatic nitrogens is 1. The Morgan fingerprint density at radius 3 is 2.81 bits per heavy atom. The molecule has 1 aromatic rings. The molecule has 0 aliphatic carbocycles. The monoisotopic (exact) mass is 309 g/mol. The highest BCUT2D eigenvalue weighted by molar-refractivity contribution is 7.11. The highest BCUT2D eigenvalue weighted by atomic mass is 32.1. The fourth-order valence-electron chi connectivity index (χ4n) is 2.81. The number of amides is 2. The Bertz CT molecular complexity index is 586. The van der Waals surface area contributed by atoms with Gasteiger partial charge < -0.3 is 14.5 Å². The molecule has 2 aliphatic heterocycles. The van der Waals surface area contributed by atoms with Gasteiger partial charge in [-0.05, 0) is 5.92 Å². The number of carbonyl (C=O) groups is 2. The van der Waals surface area contributed by atoms with E-state index in [0.29, 0.717) is 37.0 Å². The van der Waals surface area contributed by atoms with Crippen LogP contribution in [-0.4, -0.2) is 59.1 Å². The minimum Gasteiger partial charge on any atom is -0.439 e. The lowest BCUT2D eigenvalue weighted by Crippen LogP contribution is -2.39. The molecule has 21 heavy (non-hydrogen) atoms. The molecule has 2 saturated heterocycles. The van der Waals surface area contributed by atoms with Gasteiger partial charge in [-0.15, -0.1) is 11.3 Å². The molecule has 114 valence electrons. The van der Waals surface area contributed by atoms with E-state index in [2.05, 4.69) is 18.8 Å². The van der Waals surface area contributed by atoms with Gasteiger partial charge in [0, 0.05) is 25.4 Å². The predicted octanol–water partition coefficient (Wildman–Crippen LogP) is 1.93. The topological polar surface area (TPSA) is 62.7 Å². The summed E-state index contributed by atoms with van der Waals surface area (Å²) in [5.41, 5.74) is 0.420. The molecule has 7 heteroatoms. The molecular formula is C14H19N3O3S. The van der Waals surface area contributed by atoms with E-state index in [0.717, 1.165) is 5.69 Å². The minimum atomic E-state index is -0.528. The van der Waals surface area contributed by atoms with E-state index in [-0.39, 0.29) is 12.0 Å². The maximum Gasteiger partial charge on any atom is 0.410 e. The number of ether oxygens (including phenoxy) is 1. The highest BCUT2D eigenvalue weighted by Gasteiger charge is 2.49. The SMILES string of the molecule is CC(C)c1csc(C(=O)N2CCC3(CN(C)C(=O)O3)C2)n1. The summed E-state index contributed by atoms with van der Waals surface area (Å²) in [5, 5.41) is 2.46. The zero-order chi connectivity index (χ0) is 15.2. The van der Waals surface area contributed by atoms with Crippen LogP contribution in [0.25, 0.3) is 0 Å². The molecule has 0 aromatic carbocycles. The van der Waals surface area contributed by atoms with Crippen molar-refractivity contribution in [2.75, 3.05) is 26.7 Å². The molecule has 2 amide bonds. The van der Waals surface area contributed by atoms with Gasteiger partial charge in [-0.2, -0.15) is 0 Å². The molecule has 0 radical (unpaired) electrons. The first kappa shape index (κ1) is 14.3. The van der Waals surface area contributed by atoms with Crippen molar-refractivity contribution < 1.29 is 14.3 Å². The summed E-state index contributed by atoms with van der Waals surface area (Å²) in [6.45, 7) is 5.73. The third kappa shape index (κ3) is 2.50. The Morgan fingerprint density at radius 2 is 2.24 bits per heavy atom. The zero-order valence-corrected chi connectivity index (χ0v) is 13.3. The lowest BCUT2D eigenvalue weighted by atomic mass is 10.0. The summed E-state index contributed by atoms with van der Waals surface area (Å²) in [4.78, 5) is 31.8. The molecule has 3 heterocycles. The highest BCUT2D eigenvalue weighted by Crippen LogP contribution is 2.32. The second-order valence-electron chi connectivity index (χ2n) is 6.12. The predicted molar refractivity (Wildman–Crippen MR) is 78.6 cm³/mol. The summed E-state index contributed by atoms with van der Waals surface area (Å²) in [5.74, 6) is 0.256. The maximum absolute atomic E-state index is 12.5. The van der Waals surface area contributed by atoms with Crippen molar-refractivity contribution in [2.45, 2.75) is 31.8 Å². The van der Waals surface area contributed by atoms with Crippen LogP contribution in [0.1, 0.15) is 41.7 Å². The van der Waals surface area contributed by atoms with Crippen LogP contribution in [0.4, 0.5) is 4.79 Å². The number of nitrogens with zero attached hydrogens (tertiary/aromatic N) is 3. The van der Waals surface area contributed by atoms with Crippen molar-refractivity contribution in [2.24, 2.45) is 0 Å². The average molecular weight is 309 g/mol. The van der Waals surface area contributed by atoms with Crippen LogP contribution in [-0.2, 0) is 4.74 Å². The molecule has 0 N–H and O–H groups in total. The average Bonchev–Trinajstić information content (AvgIpc) is 3.10. The summed E-state index contributed by atoms with van der Waals surface area (Å²) < 4.78 is 5.46. The molecule has 3 rings (SSSR count). The number of likely N-dealkylation sites (tertiary alicyclic amines) is 1. The number of rotatable bonds is 2. The summed E-state index contributed by atoms with van der Waals surface area (Å²) in [7, 11) is 1.72. The van der Waals surface area contributed by atoms with Crippen molar-refractivity contribution in [3.8, 4) is 0 Å². The largest absolute Gasteiger partial charge is 0.439 e. The van der Waals surface area contributed by atoms with E-state index < -0.39 is 5.60 Å². The third-order valence-electron chi connectivity index (χ3n) is 4.04. The normalized spacial score (nSPS) is 25.2. The van der Waals surface area contributed by atoms with Crippen molar-refractivity contribution in [3.05, 3.63) is 16.1 Å². The number of hydrogen-bond donors (Lipinski definition) is 0. The Labute approximate surface area is 127 Å². The first-order chi connectivity index (χ1) is 9.90. The molecule has 2 aliphatic rings. The molecule has 1 unspecified atom stereocenters. The molecule has 6 nitrogen and oxygen atoms in total. The first-order valence-electron chi connectivity index (χ1n) is 7.09. The lowest BCUT2D eigenvalue weighted by molar-refractivity contribution is 0.0553. The molecule has 1 spiro atoms. The summed E-state index contributed by atoms with van der Waals surface area (Å²) >= 11 is 1.38. The van der Waals surface area contributed by atoms with Gasteiger partial charge in [-0.1, -0.05) is 13.8 Å². The molecule has 2 fully saturated rings. The minimum absolute atomic E-state index is 0.0608. The van der Waals surface area contributed by atoms with Crippen LogP contribution >= 0.6 is 11.3 Å². The lowest BCUT2D eigenvalue weighted by Gasteiger charge is -2.21. The van der Waals surface area contributed by atoms with Gasteiger partial charge in [0.2, 0.25) is 0 Å². The Hall–Kier alpha value is -1.63. The van der Waals surface area contributed by atoms with E-state index >= 15 is 0 Å². The van der Waals surface area contributed by atoms with Gasteiger partial charge in [-0.3, -0.25) is 4.79 Å². The van der Waals surface area contributed by atoms with Gasteiger partial charge >= 0.3 is 6.09 Å². The molecule has 0 saturated carbocycles.